The second-order valence-electron chi connectivity index (χ2n) is 6.67. The van der Waals surface area contributed by atoms with Crippen molar-refractivity contribution < 1.29 is 23.1 Å². The van der Waals surface area contributed by atoms with Gasteiger partial charge in [-0.1, -0.05) is 13.0 Å². The van der Waals surface area contributed by atoms with Gasteiger partial charge >= 0.3 is 0 Å². The molecule has 0 spiro atoms. The van der Waals surface area contributed by atoms with Crippen molar-refractivity contribution >= 4 is 21.8 Å². The number of hydrogen-bond acceptors (Lipinski definition) is 6. The second-order valence-corrected chi connectivity index (χ2v) is 8.55. The Bertz CT molecular complexity index is 756. The van der Waals surface area contributed by atoms with Crippen LogP contribution >= 0.6 is 0 Å². The highest BCUT2D eigenvalue weighted by atomic mass is 32.2. The average molecular weight is 397 g/mol. The van der Waals surface area contributed by atoms with Crippen molar-refractivity contribution in [1.29, 1.82) is 0 Å². The molecule has 3 atom stereocenters. The number of aliphatic hydroxyl groups is 1. The fourth-order valence-corrected chi connectivity index (χ4v) is 4.42. The summed E-state index contributed by atoms with van der Waals surface area (Å²) in [7, 11) is -3.81. The Morgan fingerprint density at radius 3 is 2.85 bits per heavy atom. The highest BCUT2D eigenvalue weighted by Gasteiger charge is 2.33. The molecule has 1 aliphatic heterocycles. The molecule has 1 aromatic heterocycles. The minimum atomic E-state index is -3.81. The van der Waals surface area contributed by atoms with E-state index in [9.17, 15) is 23.1 Å². The number of nitrogens with two attached hydrogens (primary N) is 1. The number of β-amino-alcohol motifs (C(OH)–C–C–N with tert-alkyl or cyclic N) is 1. The van der Waals surface area contributed by atoms with Crippen LogP contribution in [-0.2, 0) is 19.6 Å². The lowest BCUT2D eigenvalue weighted by atomic mass is 10.0. The molecule has 0 aliphatic carbocycles. The van der Waals surface area contributed by atoms with Crippen LogP contribution in [0.2, 0.25) is 0 Å². The lowest BCUT2D eigenvalue weighted by Gasteiger charge is -2.25. The molecule has 27 heavy (non-hydrogen) atoms. The van der Waals surface area contributed by atoms with Crippen LogP contribution in [0.15, 0.2) is 29.4 Å². The summed E-state index contributed by atoms with van der Waals surface area (Å²) >= 11 is 0. The standard InChI is InChI=1S/C17H25N4O5S/c1-12(9-15(18)23)10-16(24)20-13-5-4-8-21(11-14(13)22)27(25,26)17-6-2-3-7-19-17/h2-3,6-7,10,12-14,22H,4-5,8-9,11H2,1H3,(H2,18,23)(H,20,24)/t12?,13?,14-/m0/s1. The predicted octanol–water partition coefficient (Wildman–Crippen LogP) is -0.572. The van der Waals surface area contributed by atoms with Crippen LogP contribution in [0, 0.1) is 12.3 Å². The highest BCUT2D eigenvalue weighted by molar-refractivity contribution is 7.89. The second kappa shape index (κ2) is 9.25. The number of hydrogen-bond donors (Lipinski definition) is 3. The van der Waals surface area contributed by atoms with E-state index < -0.39 is 34.0 Å². The number of sulfonamides is 1. The summed E-state index contributed by atoms with van der Waals surface area (Å²) in [5.74, 6) is -1.25. The number of primary amides is 1. The fraction of sp³-hybridized carbons (Fsp3) is 0.529. The number of carbonyl (C=O) groups excluding carboxylic acids is 2. The van der Waals surface area contributed by atoms with E-state index in [-0.39, 0.29) is 30.5 Å². The van der Waals surface area contributed by atoms with Gasteiger partial charge in [-0.05, 0) is 30.9 Å². The molecule has 2 heterocycles. The van der Waals surface area contributed by atoms with Crippen LogP contribution in [0.3, 0.4) is 0 Å². The van der Waals surface area contributed by atoms with Crippen molar-refractivity contribution in [3.05, 3.63) is 30.8 Å². The third kappa shape index (κ3) is 5.98. The van der Waals surface area contributed by atoms with Crippen LogP contribution in [0.4, 0.5) is 0 Å². The summed E-state index contributed by atoms with van der Waals surface area (Å²) in [4.78, 5) is 26.9. The van der Waals surface area contributed by atoms with Gasteiger partial charge in [0.15, 0.2) is 5.03 Å². The minimum absolute atomic E-state index is 0.0523. The first-order valence-corrected chi connectivity index (χ1v) is 10.2. The molecule has 1 aliphatic rings. The third-order valence-electron chi connectivity index (χ3n) is 4.31. The molecule has 2 amide bonds. The topological polar surface area (TPSA) is 143 Å². The Balaban J connectivity index is 1.98. The Kier molecular flexibility index (Phi) is 7.28. The molecule has 1 radical (unpaired) electrons. The summed E-state index contributed by atoms with van der Waals surface area (Å²) in [6.07, 6.45) is 2.63. The van der Waals surface area contributed by atoms with E-state index in [2.05, 4.69) is 10.3 Å². The Labute approximate surface area is 159 Å². The molecular weight excluding hydrogens is 372 g/mol. The van der Waals surface area contributed by atoms with Gasteiger partial charge in [0.25, 0.3) is 10.0 Å². The SMILES string of the molecule is CC([CH]C(=O)NC1CCCN(S(=O)(=O)c2ccccn2)C[C@@H]1O)CC(N)=O. The van der Waals surface area contributed by atoms with Gasteiger partial charge in [0.2, 0.25) is 11.8 Å². The monoisotopic (exact) mass is 397 g/mol. The van der Waals surface area contributed by atoms with Crippen LogP contribution in [-0.4, -0.2) is 59.9 Å². The first-order chi connectivity index (χ1) is 12.7. The molecule has 0 saturated carbocycles. The number of aromatic nitrogens is 1. The van der Waals surface area contributed by atoms with Crippen LogP contribution in [0.25, 0.3) is 0 Å². The molecule has 149 valence electrons. The number of rotatable bonds is 7. The number of nitrogens with one attached hydrogen (secondary N) is 1. The third-order valence-corrected chi connectivity index (χ3v) is 6.09. The summed E-state index contributed by atoms with van der Waals surface area (Å²) in [5.41, 5.74) is 5.10. The Hall–Kier alpha value is -2.04. The molecule has 1 saturated heterocycles. The van der Waals surface area contributed by atoms with Gasteiger partial charge in [0, 0.05) is 25.7 Å². The maximum atomic E-state index is 12.7. The number of aliphatic hydroxyl groups excluding tert-OH is 1. The van der Waals surface area contributed by atoms with E-state index >= 15 is 0 Å². The van der Waals surface area contributed by atoms with Crippen LogP contribution in [0.5, 0.6) is 0 Å². The average Bonchev–Trinajstić information content (AvgIpc) is 2.77. The maximum Gasteiger partial charge on any atom is 0.260 e. The zero-order valence-corrected chi connectivity index (χ0v) is 15.9. The van der Waals surface area contributed by atoms with Gasteiger partial charge in [-0.15, -0.1) is 0 Å². The Morgan fingerprint density at radius 2 is 2.22 bits per heavy atom. The molecule has 0 aromatic carbocycles. The van der Waals surface area contributed by atoms with Crippen molar-refractivity contribution in [2.75, 3.05) is 13.1 Å². The molecule has 9 nitrogen and oxygen atoms in total. The minimum Gasteiger partial charge on any atom is -0.390 e. The molecule has 1 fully saturated rings. The first-order valence-electron chi connectivity index (χ1n) is 8.73. The number of pyridine rings is 1. The summed E-state index contributed by atoms with van der Waals surface area (Å²) < 4.78 is 26.5. The van der Waals surface area contributed by atoms with Gasteiger partial charge in [-0.3, -0.25) is 9.59 Å². The van der Waals surface area contributed by atoms with Crippen molar-refractivity contribution in [3.63, 3.8) is 0 Å². The molecule has 1 aromatic rings. The number of amides is 2. The number of nitrogens with zero attached hydrogens (tertiary/aromatic N) is 2. The summed E-state index contributed by atoms with van der Waals surface area (Å²) in [6, 6.07) is 4.03. The van der Waals surface area contributed by atoms with Gasteiger partial charge in [0.05, 0.1) is 18.6 Å². The van der Waals surface area contributed by atoms with Crippen molar-refractivity contribution in [2.24, 2.45) is 11.7 Å². The van der Waals surface area contributed by atoms with Gasteiger partial charge in [-0.25, -0.2) is 13.4 Å². The van der Waals surface area contributed by atoms with Crippen molar-refractivity contribution in [3.8, 4) is 0 Å². The molecule has 4 N–H and O–H groups in total. The first kappa shape index (κ1) is 21.3. The smallest absolute Gasteiger partial charge is 0.260 e. The zero-order chi connectivity index (χ0) is 20.0. The molecule has 0 bridgehead atoms. The quantitative estimate of drug-likeness (QED) is 0.562. The predicted molar refractivity (Wildman–Crippen MR) is 97.4 cm³/mol. The largest absolute Gasteiger partial charge is 0.390 e. The number of carbonyl (C=O) groups is 2. The Morgan fingerprint density at radius 1 is 1.48 bits per heavy atom. The molecular formula is C17H25N4O5S. The highest BCUT2D eigenvalue weighted by Crippen LogP contribution is 2.19. The molecule has 2 unspecified atom stereocenters. The van der Waals surface area contributed by atoms with E-state index in [1.165, 1.54) is 23.0 Å². The van der Waals surface area contributed by atoms with E-state index in [1.54, 1.807) is 19.1 Å². The summed E-state index contributed by atoms with van der Waals surface area (Å²) in [6.45, 7) is 1.78. The maximum absolute atomic E-state index is 12.7. The van der Waals surface area contributed by atoms with E-state index in [0.29, 0.717) is 12.8 Å². The van der Waals surface area contributed by atoms with E-state index in [4.69, 9.17) is 5.73 Å². The zero-order valence-electron chi connectivity index (χ0n) is 15.1. The lowest BCUT2D eigenvalue weighted by Crippen LogP contribution is -2.47. The summed E-state index contributed by atoms with van der Waals surface area (Å²) in [5, 5.41) is 13.0. The van der Waals surface area contributed by atoms with Gasteiger partial charge in [0.1, 0.15) is 0 Å². The van der Waals surface area contributed by atoms with E-state index in [1.807, 2.05) is 0 Å². The fourth-order valence-electron chi connectivity index (χ4n) is 2.99. The van der Waals surface area contributed by atoms with Crippen molar-refractivity contribution in [1.82, 2.24) is 14.6 Å². The van der Waals surface area contributed by atoms with Gasteiger partial charge in [-0.2, -0.15) is 4.31 Å². The normalized spacial score (nSPS) is 22.6. The molecule has 2 rings (SSSR count). The van der Waals surface area contributed by atoms with Gasteiger partial charge < -0.3 is 16.2 Å². The van der Waals surface area contributed by atoms with Crippen molar-refractivity contribution in [2.45, 2.75) is 43.4 Å². The van der Waals surface area contributed by atoms with E-state index in [0.717, 1.165) is 0 Å². The lowest BCUT2D eigenvalue weighted by molar-refractivity contribution is -0.120. The van der Waals surface area contributed by atoms with Crippen LogP contribution < -0.4 is 11.1 Å². The molecule has 10 heteroatoms. The van der Waals surface area contributed by atoms with Crippen LogP contribution in [0.1, 0.15) is 26.2 Å².